The Kier molecular flexibility index (Phi) is 4.65. The van der Waals surface area contributed by atoms with E-state index in [4.69, 9.17) is 4.74 Å². The Labute approximate surface area is 120 Å². The maximum Gasteiger partial charge on any atom is 0.221 e. The predicted molar refractivity (Wildman–Crippen MR) is 79.9 cm³/mol. The van der Waals surface area contributed by atoms with Gasteiger partial charge in [-0.3, -0.25) is 4.79 Å². The van der Waals surface area contributed by atoms with Crippen LogP contribution in [-0.4, -0.2) is 24.6 Å². The number of nitrogens with one attached hydrogen (secondary N) is 2. The molecule has 1 heterocycles. The highest BCUT2D eigenvalue weighted by Crippen LogP contribution is 2.35. The van der Waals surface area contributed by atoms with Crippen LogP contribution in [0.1, 0.15) is 38.3 Å². The molecular formula is C16H24N2O2. The van der Waals surface area contributed by atoms with Gasteiger partial charge < -0.3 is 15.4 Å². The first-order chi connectivity index (χ1) is 9.50. The summed E-state index contributed by atoms with van der Waals surface area (Å²) in [5.74, 6) is 1.10. The van der Waals surface area contributed by atoms with E-state index in [-0.39, 0.29) is 11.5 Å². The second kappa shape index (κ2) is 6.27. The summed E-state index contributed by atoms with van der Waals surface area (Å²) in [7, 11) is 0. The largest absolute Gasteiger partial charge is 0.487 e. The van der Waals surface area contributed by atoms with Crippen LogP contribution in [0.5, 0.6) is 5.75 Å². The number of ether oxygens (including phenoxy) is 1. The van der Waals surface area contributed by atoms with Crippen LogP contribution in [0.15, 0.2) is 18.2 Å². The molecular weight excluding hydrogens is 252 g/mol. The average molecular weight is 276 g/mol. The molecule has 20 heavy (non-hydrogen) atoms. The van der Waals surface area contributed by atoms with Crippen molar-refractivity contribution in [2.24, 2.45) is 0 Å². The van der Waals surface area contributed by atoms with Crippen LogP contribution >= 0.6 is 0 Å². The van der Waals surface area contributed by atoms with Gasteiger partial charge in [-0.15, -0.1) is 0 Å². The summed E-state index contributed by atoms with van der Waals surface area (Å²) in [5.41, 5.74) is 2.42. The Hall–Kier alpha value is -1.55. The molecule has 0 atom stereocenters. The van der Waals surface area contributed by atoms with Gasteiger partial charge in [-0.1, -0.05) is 12.1 Å². The normalized spacial score (nSPS) is 15.6. The highest BCUT2D eigenvalue weighted by Gasteiger charge is 2.29. The van der Waals surface area contributed by atoms with Gasteiger partial charge in [-0.05, 0) is 38.0 Å². The van der Waals surface area contributed by atoms with Crippen LogP contribution in [0.3, 0.4) is 0 Å². The smallest absolute Gasteiger partial charge is 0.221 e. The molecule has 2 rings (SSSR count). The molecule has 0 saturated heterocycles. The third-order valence-electron chi connectivity index (χ3n) is 3.36. The molecule has 0 spiro atoms. The number of hydrogen-bond acceptors (Lipinski definition) is 3. The van der Waals surface area contributed by atoms with Crippen molar-refractivity contribution < 1.29 is 9.53 Å². The quantitative estimate of drug-likeness (QED) is 0.782. The number of amides is 1. The first kappa shape index (κ1) is 14.9. The molecule has 0 aliphatic carbocycles. The van der Waals surface area contributed by atoms with Gasteiger partial charge in [-0.25, -0.2) is 0 Å². The number of rotatable bonds is 6. The Balaban J connectivity index is 1.79. The van der Waals surface area contributed by atoms with E-state index < -0.39 is 0 Å². The topological polar surface area (TPSA) is 50.4 Å². The summed E-state index contributed by atoms with van der Waals surface area (Å²) in [4.78, 5) is 11.3. The molecule has 0 bridgehead atoms. The van der Waals surface area contributed by atoms with Crippen molar-refractivity contribution in [1.82, 2.24) is 10.6 Å². The van der Waals surface area contributed by atoms with Crippen LogP contribution in [-0.2, 0) is 17.8 Å². The van der Waals surface area contributed by atoms with Crippen LogP contribution in [0, 0.1) is 0 Å². The third-order valence-corrected chi connectivity index (χ3v) is 3.36. The van der Waals surface area contributed by atoms with Gasteiger partial charge in [-0.2, -0.15) is 0 Å². The SMILES string of the molecule is CCNC(=O)CCNCc1ccc2c(c1)CC(C)(C)O2. The standard InChI is InChI=1S/C16H24N2O2/c1-4-18-15(19)7-8-17-11-12-5-6-14-13(9-12)10-16(2,3)20-14/h5-6,9,17H,4,7-8,10-11H2,1-3H3,(H,18,19). The van der Waals surface area contributed by atoms with Gasteiger partial charge in [0, 0.05) is 32.5 Å². The van der Waals surface area contributed by atoms with Crippen LogP contribution in [0.2, 0.25) is 0 Å². The maximum atomic E-state index is 11.3. The molecule has 4 nitrogen and oxygen atoms in total. The molecule has 1 aromatic carbocycles. The van der Waals surface area contributed by atoms with Gasteiger partial charge in [0.1, 0.15) is 11.4 Å². The van der Waals surface area contributed by atoms with Gasteiger partial charge in [0.05, 0.1) is 0 Å². The second-order valence-electron chi connectivity index (χ2n) is 5.86. The first-order valence-corrected chi connectivity index (χ1v) is 7.28. The molecule has 110 valence electrons. The fourth-order valence-electron chi connectivity index (χ4n) is 2.49. The van der Waals surface area contributed by atoms with E-state index >= 15 is 0 Å². The van der Waals surface area contributed by atoms with E-state index in [9.17, 15) is 4.79 Å². The lowest BCUT2D eigenvalue weighted by Crippen LogP contribution is -2.27. The maximum absolute atomic E-state index is 11.3. The van der Waals surface area contributed by atoms with E-state index in [0.29, 0.717) is 19.5 Å². The zero-order chi connectivity index (χ0) is 14.6. The average Bonchev–Trinajstić information content (AvgIpc) is 2.68. The first-order valence-electron chi connectivity index (χ1n) is 7.28. The second-order valence-corrected chi connectivity index (χ2v) is 5.86. The summed E-state index contributed by atoms with van der Waals surface area (Å²) in [6.45, 7) is 8.32. The lowest BCUT2D eigenvalue weighted by molar-refractivity contribution is -0.120. The zero-order valence-electron chi connectivity index (χ0n) is 12.6. The molecule has 1 amide bonds. The number of hydrogen-bond donors (Lipinski definition) is 2. The lowest BCUT2D eigenvalue weighted by Gasteiger charge is -2.16. The molecule has 0 fully saturated rings. The van der Waals surface area contributed by atoms with Gasteiger partial charge in [0.2, 0.25) is 5.91 Å². The van der Waals surface area contributed by atoms with Crippen molar-refractivity contribution in [3.8, 4) is 5.75 Å². The van der Waals surface area contributed by atoms with E-state index in [1.807, 2.05) is 13.0 Å². The molecule has 0 aromatic heterocycles. The lowest BCUT2D eigenvalue weighted by atomic mass is 10.0. The van der Waals surface area contributed by atoms with Crippen molar-refractivity contribution in [2.75, 3.05) is 13.1 Å². The Morgan fingerprint density at radius 3 is 2.95 bits per heavy atom. The highest BCUT2D eigenvalue weighted by molar-refractivity contribution is 5.75. The Morgan fingerprint density at radius 2 is 2.20 bits per heavy atom. The molecule has 0 saturated carbocycles. The van der Waals surface area contributed by atoms with Crippen LogP contribution in [0.4, 0.5) is 0 Å². The molecule has 1 aromatic rings. The molecule has 4 heteroatoms. The van der Waals surface area contributed by atoms with Crippen molar-refractivity contribution in [1.29, 1.82) is 0 Å². The fourth-order valence-corrected chi connectivity index (χ4v) is 2.49. The molecule has 0 unspecified atom stereocenters. The van der Waals surface area contributed by atoms with Crippen molar-refractivity contribution in [3.63, 3.8) is 0 Å². The Bertz CT molecular complexity index is 483. The van der Waals surface area contributed by atoms with Crippen LogP contribution < -0.4 is 15.4 Å². The third kappa shape index (κ3) is 3.97. The minimum Gasteiger partial charge on any atom is -0.487 e. The summed E-state index contributed by atoms with van der Waals surface area (Å²) in [6.07, 6.45) is 1.48. The van der Waals surface area contributed by atoms with Gasteiger partial charge in [0.15, 0.2) is 0 Å². The molecule has 1 aliphatic rings. The van der Waals surface area contributed by atoms with Crippen molar-refractivity contribution in [3.05, 3.63) is 29.3 Å². The summed E-state index contributed by atoms with van der Waals surface area (Å²) in [5, 5.41) is 6.09. The Morgan fingerprint density at radius 1 is 1.40 bits per heavy atom. The highest BCUT2D eigenvalue weighted by atomic mass is 16.5. The fraction of sp³-hybridized carbons (Fsp3) is 0.562. The summed E-state index contributed by atoms with van der Waals surface area (Å²) in [6, 6.07) is 6.33. The molecule has 0 radical (unpaired) electrons. The van der Waals surface area contributed by atoms with Crippen LogP contribution in [0.25, 0.3) is 0 Å². The van der Waals surface area contributed by atoms with Crippen molar-refractivity contribution in [2.45, 2.75) is 45.8 Å². The number of carbonyl (C=O) groups is 1. The van der Waals surface area contributed by atoms with Gasteiger partial charge >= 0.3 is 0 Å². The minimum atomic E-state index is -0.0906. The summed E-state index contributed by atoms with van der Waals surface area (Å²) < 4.78 is 5.86. The number of fused-ring (bicyclic) bond motifs is 1. The van der Waals surface area contributed by atoms with E-state index in [1.165, 1.54) is 11.1 Å². The van der Waals surface area contributed by atoms with Crippen molar-refractivity contribution >= 4 is 5.91 Å². The summed E-state index contributed by atoms with van der Waals surface area (Å²) >= 11 is 0. The molecule has 1 aliphatic heterocycles. The van der Waals surface area contributed by atoms with E-state index in [1.54, 1.807) is 0 Å². The van der Waals surface area contributed by atoms with Gasteiger partial charge in [0.25, 0.3) is 0 Å². The monoisotopic (exact) mass is 276 g/mol. The number of carbonyl (C=O) groups excluding carboxylic acids is 1. The van der Waals surface area contributed by atoms with E-state index in [2.05, 4.69) is 36.6 Å². The molecule has 2 N–H and O–H groups in total. The minimum absolute atomic E-state index is 0.0906. The van der Waals surface area contributed by atoms with E-state index in [0.717, 1.165) is 18.7 Å². The zero-order valence-corrected chi connectivity index (χ0v) is 12.6. The number of benzene rings is 1. The predicted octanol–water partition coefficient (Wildman–Crippen LogP) is 2.02.